The molecule has 1 aromatic rings. The van der Waals surface area contributed by atoms with Crippen molar-refractivity contribution in [1.82, 2.24) is 20.4 Å². The van der Waals surface area contributed by atoms with Crippen molar-refractivity contribution in [3.63, 3.8) is 0 Å². The Balaban J connectivity index is 1.32. The third-order valence-corrected chi connectivity index (χ3v) is 9.12. The second-order valence-electron chi connectivity index (χ2n) is 13.6. The summed E-state index contributed by atoms with van der Waals surface area (Å²) >= 11 is 0. The van der Waals surface area contributed by atoms with Gasteiger partial charge in [-0.25, -0.2) is 14.0 Å². The van der Waals surface area contributed by atoms with Crippen LogP contribution in [0.3, 0.4) is 0 Å². The second-order valence-corrected chi connectivity index (χ2v) is 13.6. The molecule has 45 heavy (non-hydrogen) atoms. The zero-order valence-electron chi connectivity index (χ0n) is 26.3. The quantitative estimate of drug-likeness (QED) is 0.407. The van der Waals surface area contributed by atoms with Crippen LogP contribution in [-0.4, -0.2) is 89.3 Å². The summed E-state index contributed by atoms with van der Waals surface area (Å²) in [5, 5.41) is 16.0. The lowest BCUT2D eigenvalue weighted by Crippen LogP contribution is -2.59. The molecule has 0 radical (unpaired) electrons. The number of amides is 4. The number of alkyl carbamates (subject to hydrolysis) is 1. The van der Waals surface area contributed by atoms with Gasteiger partial charge in [-0.3, -0.25) is 14.5 Å². The SMILES string of the molecule is CC(C)(C)[C@H](NC(=O)OC1CCCC1)C(=O)N1C[C@H](OC(=O)N2Cc3cccc(F)c3C2)C[C@H]1C(=O)N[C@@H]1CCCCOB1O. The number of hydrogen-bond acceptors (Lipinski definition) is 8. The van der Waals surface area contributed by atoms with E-state index in [1.807, 2.05) is 0 Å². The van der Waals surface area contributed by atoms with Gasteiger partial charge in [0.1, 0.15) is 30.1 Å². The molecule has 3 fully saturated rings. The molecule has 0 unspecified atom stereocenters. The molecule has 0 bridgehead atoms. The first-order chi connectivity index (χ1) is 21.4. The zero-order valence-corrected chi connectivity index (χ0v) is 26.3. The van der Waals surface area contributed by atoms with Crippen molar-refractivity contribution in [2.24, 2.45) is 5.41 Å². The van der Waals surface area contributed by atoms with Gasteiger partial charge in [-0.15, -0.1) is 0 Å². The van der Waals surface area contributed by atoms with E-state index < -0.39 is 66.5 Å². The number of nitrogens with one attached hydrogen (secondary N) is 2. The number of likely N-dealkylation sites (tertiary alicyclic amines) is 1. The first-order valence-electron chi connectivity index (χ1n) is 16.0. The molecule has 3 heterocycles. The number of carbonyl (C=O) groups excluding carboxylic acids is 4. The molecular weight excluding hydrogens is 586 g/mol. The summed E-state index contributed by atoms with van der Waals surface area (Å²) in [5.74, 6) is -2.10. The molecular formula is C31H44BFN4O8. The van der Waals surface area contributed by atoms with Gasteiger partial charge < -0.3 is 34.7 Å². The van der Waals surface area contributed by atoms with E-state index in [0.717, 1.165) is 38.5 Å². The highest BCUT2D eigenvalue weighted by atomic mass is 19.1. The smallest absolute Gasteiger partial charge is 0.446 e. The molecule has 3 N–H and O–H groups in total. The highest BCUT2D eigenvalue weighted by Gasteiger charge is 2.47. The molecule has 0 aromatic heterocycles. The minimum Gasteiger partial charge on any atom is -0.446 e. The van der Waals surface area contributed by atoms with Gasteiger partial charge in [0.15, 0.2) is 0 Å². The molecule has 1 aromatic carbocycles. The van der Waals surface area contributed by atoms with Crippen LogP contribution in [0.15, 0.2) is 18.2 Å². The highest BCUT2D eigenvalue weighted by Crippen LogP contribution is 2.30. The molecule has 2 saturated heterocycles. The summed E-state index contributed by atoms with van der Waals surface area (Å²) in [6.07, 6.45) is 3.07. The van der Waals surface area contributed by atoms with Crippen LogP contribution >= 0.6 is 0 Å². The van der Waals surface area contributed by atoms with Crippen molar-refractivity contribution in [3.8, 4) is 0 Å². The molecule has 4 aliphatic rings. The fraction of sp³-hybridized carbons (Fsp3) is 0.677. The normalized spacial score (nSPS) is 24.6. The van der Waals surface area contributed by atoms with Crippen LogP contribution in [0.4, 0.5) is 14.0 Å². The highest BCUT2D eigenvalue weighted by molar-refractivity contribution is 6.45. The van der Waals surface area contributed by atoms with Crippen LogP contribution in [0.5, 0.6) is 0 Å². The molecule has 14 heteroatoms. The number of hydrogen-bond donors (Lipinski definition) is 3. The van der Waals surface area contributed by atoms with Gasteiger partial charge in [-0.2, -0.15) is 0 Å². The van der Waals surface area contributed by atoms with E-state index >= 15 is 0 Å². The van der Waals surface area contributed by atoms with Crippen molar-refractivity contribution >= 4 is 31.1 Å². The number of fused-ring (bicyclic) bond motifs is 1. The Labute approximate surface area is 263 Å². The lowest BCUT2D eigenvalue weighted by atomic mass is 9.76. The predicted molar refractivity (Wildman–Crippen MR) is 161 cm³/mol. The lowest BCUT2D eigenvalue weighted by molar-refractivity contribution is -0.142. The van der Waals surface area contributed by atoms with Crippen molar-refractivity contribution in [1.29, 1.82) is 0 Å². The summed E-state index contributed by atoms with van der Waals surface area (Å²) < 4.78 is 31.1. The average Bonchev–Trinajstić information content (AvgIpc) is 3.72. The van der Waals surface area contributed by atoms with Crippen LogP contribution in [0.25, 0.3) is 0 Å². The van der Waals surface area contributed by atoms with E-state index in [9.17, 15) is 28.6 Å². The van der Waals surface area contributed by atoms with E-state index in [1.54, 1.807) is 32.9 Å². The summed E-state index contributed by atoms with van der Waals surface area (Å²) in [6, 6.07) is 2.60. The Hall–Kier alpha value is -3.39. The molecule has 5 rings (SSSR count). The van der Waals surface area contributed by atoms with Gasteiger partial charge in [0, 0.05) is 25.1 Å². The molecule has 3 aliphatic heterocycles. The van der Waals surface area contributed by atoms with Crippen LogP contribution < -0.4 is 10.6 Å². The van der Waals surface area contributed by atoms with Gasteiger partial charge in [0.25, 0.3) is 0 Å². The van der Waals surface area contributed by atoms with Crippen LogP contribution in [0.1, 0.15) is 83.3 Å². The Morgan fingerprint density at radius 3 is 2.49 bits per heavy atom. The van der Waals surface area contributed by atoms with Crippen molar-refractivity contribution in [2.75, 3.05) is 13.2 Å². The maximum absolute atomic E-state index is 14.3. The van der Waals surface area contributed by atoms with Crippen LogP contribution in [0, 0.1) is 11.2 Å². The van der Waals surface area contributed by atoms with E-state index in [2.05, 4.69) is 10.6 Å². The molecule has 1 aliphatic carbocycles. The second kappa shape index (κ2) is 13.9. The van der Waals surface area contributed by atoms with Gasteiger partial charge in [-0.05, 0) is 62.0 Å². The summed E-state index contributed by atoms with van der Waals surface area (Å²) in [7, 11) is -1.19. The van der Waals surface area contributed by atoms with Crippen molar-refractivity contribution in [3.05, 3.63) is 35.1 Å². The minimum absolute atomic E-state index is 0.00547. The Kier molecular flexibility index (Phi) is 10.2. The third-order valence-electron chi connectivity index (χ3n) is 9.12. The maximum Gasteiger partial charge on any atom is 0.478 e. The van der Waals surface area contributed by atoms with Gasteiger partial charge in [-0.1, -0.05) is 32.9 Å². The van der Waals surface area contributed by atoms with E-state index in [1.165, 1.54) is 15.9 Å². The van der Waals surface area contributed by atoms with Gasteiger partial charge >= 0.3 is 19.3 Å². The molecule has 0 spiro atoms. The Morgan fingerprint density at radius 1 is 1.04 bits per heavy atom. The number of nitrogens with zero attached hydrogens (tertiary/aromatic N) is 2. The number of carbonyl (C=O) groups is 4. The molecule has 1 saturated carbocycles. The Morgan fingerprint density at radius 2 is 1.78 bits per heavy atom. The fourth-order valence-electron chi connectivity index (χ4n) is 6.58. The van der Waals surface area contributed by atoms with Gasteiger partial charge in [0.05, 0.1) is 19.0 Å². The first kappa shape index (κ1) is 33.0. The topological polar surface area (TPSA) is 147 Å². The maximum atomic E-state index is 14.3. The number of halogens is 1. The fourth-order valence-corrected chi connectivity index (χ4v) is 6.58. The van der Waals surface area contributed by atoms with E-state index in [4.69, 9.17) is 14.1 Å². The predicted octanol–water partition coefficient (Wildman–Crippen LogP) is 3.04. The lowest BCUT2D eigenvalue weighted by Gasteiger charge is -2.35. The van der Waals surface area contributed by atoms with E-state index in [0.29, 0.717) is 24.2 Å². The third kappa shape index (κ3) is 7.89. The molecule has 4 atom stereocenters. The average molecular weight is 631 g/mol. The number of benzene rings is 1. The summed E-state index contributed by atoms with van der Waals surface area (Å²) in [4.78, 5) is 56.7. The largest absolute Gasteiger partial charge is 0.478 e. The monoisotopic (exact) mass is 630 g/mol. The molecule has 12 nitrogen and oxygen atoms in total. The van der Waals surface area contributed by atoms with Crippen LogP contribution in [-0.2, 0) is 36.8 Å². The standard InChI is InChI=1S/C31H44BFN4O8/c1-31(2,3)26(35-29(40)44-20-10-4-5-11-20)28(39)37-17-21(15-24(37)27(38)34-25-13-6-7-14-43-32(25)42)45-30(41)36-16-19-9-8-12-23(33)22(19)18-36/h8-9,12,20-21,24-26,42H,4-7,10-11,13-18H2,1-3H3,(H,34,38)(H,35,40)/t21-,24+,25-,26-/m1/s1. The molecule has 4 amide bonds. The Bertz CT molecular complexity index is 1270. The van der Waals surface area contributed by atoms with Crippen LogP contribution in [0.2, 0.25) is 0 Å². The number of rotatable bonds is 6. The van der Waals surface area contributed by atoms with Gasteiger partial charge in [0.2, 0.25) is 11.8 Å². The van der Waals surface area contributed by atoms with Crippen molar-refractivity contribution < 1.29 is 42.7 Å². The van der Waals surface area contributed by atoms with Crippen molar-refractivity contribution in [2.45, 2.75) is 115 Å². The zero-order chi connectivity index (χ0) is 32.3. The minimum atomic E-state index is -1.19. The first-order valence-corrected chi connectivity index (χ1v) is 16.0. The summed E-state index contributed by atoms with van der Waals surface area (Å²) in [6.45, 7) is 5.93. The molecule has 246 valence electrons. The number of ether oxygens (including phenoxy) is 2. The summed E-state index contributed by atoms with van der Waals surface area (Å²) in [5.41, 5.74) is 0.376. The van der Waals surface area contributed by atoms with E-state index in [-0.39, 0.29) is 32.2 Å².